The number of carbonyl (C=O) groups excluding carboxylic acids is 1. The standard InChI is InChI=1S/C12H20N2O5S/c1-8-10(2-4-13-8)12(17)14(6-11(15)16)9-3-5-20(18,19)7-9/h8-10,13H,2-7H2,1H3,(H,15,16). The zero-order valence-corrected chi connectivity index (χ0v) is 12.2. The Labute approximate surface area is 118 Å². The van der Waals surface area contributed by atoms with Crippen molar-refractivity contribution in [2.75, 3.05) is 24.6 Å². The average Bonchev–Trinajstić information content (AvgIpc) is 2.91. The van der Waals surface area contributed by atoms with E-state index in [4.69, 9.17) is 5.11 Å². The fourth-order valence-electron chi connectivity index (χ4n) is 2.96. The molecule has 2 N–H and O–H groups in total. The molecule has 7 nitrogen and oxygen atoms in total. The molecule has 114 valence electrons. The van der Waals surface area contributed by atoms with E-state index in [1.807, 2.05) is 6.92 Å². The van der Waals surface area contributed by atoms with Crippen molar-refractivity contribution >= 4 is 21.7 Å². The van der Waals surface area contributed by atoms with E-state index in [0.29, 0.717) is 12.8 Å². The summed E-state index contributed by atoms with van der Waals surface area (Å²) in [4.78, 5) is 24.7. The summed E-state index contributed by atoms with van der Waals surface area (Å²) in [7, 11) is -3.15. The third kappa shape index (κ3) is 3.29. The van der Waals surface area contributed by atoms with Gasteiger partial charge in [0.1, 0.15) is 6.54 Å². The molecule has 0 aromatic carbocycles. The van der Waals surface area contributed by atoms with Crippen LogP contribution in [0.15, 0.2) is 0 Å². The number of hydrogen-bond acceptors (Lipinski definition) is 5. The number of nitrogens with zero attached hydrogens (tertiary/aromatic N) is 1. The Morgan fingerprint density at radius 1 is 1.35 bits per heavy atom. The smallest absolute Gasteiger partial charge is 0.323 e. The zero-order chi connectivity index (χ0) is 14.9. The summed E-state index contributed by atoms with van der Waals surface area (Å²) in [6, 6.07) is -0.506. The van der Waals surface area contributed by atoms with E-state index in [9.17, 15) is 18.0 Å². The molecular weight excluding hydrogens is 284 g/mol. The molecule has 0 aliphatic carbocycles. The van der Waals surface area contributed by atoms with Crippen LogP contribution in [0.4, 0.5) is 0 Å². The summed E-state index contributed by atoms with van der Waals surface area (Å²) in [5, 5.41) is 12.1. The molecule has 2 fully saturated rings. The first-order valence-electron chi connectivity index (χ1n) is 6.76. The van der Waals surface area contributed by atoms with Crippen LogP contribution in [0.3, 0.4) is 0 Å². The van der Waals surface area contributed by atoms with Gasteiger partial charge in [0.15, 0.2) is 9.84 Å². The summed E-state index contributed by atoms with van der Waals surface area (Å²) in [5.74, 6) is -1.72. The highest BCUT2D eigenvalue weighted by Gasteiger charge is 2.40. The van der Waals surface area contributed by atoms with E-state index in [0.717, 1.165) is 6.54 Å². The minimum atomic E-state index is -3.15. The Kier molecular flexibility index (Phi) is 4.33. The molecule has 0 saturated carbocycles. The lowest BCUT2D eigenvalue weighted by atomic mass is 9.99. The molecule has 0 aromatic heterocycles. The minimum Gasteiger partial charge on any atom is -0.480 e. The van der Waals surface area contributed by atoms with E-state index < -0.39 is 28.4 Å². The molecular formula is C12H20N2O5S. The third-order valence-electron chi connectivity index (χ3n) is 4.08. The van der Waals surface area contributed by atoms with Gasteiger partial charge in [-0.2, -0.15) is 0 Å². The van der Waals surface area contributed by atoms with E-state index in [1.54, 1.807) is 0 Å². The summed E-state index contributed by atoms with van der Waals surface area (Å²) < 4.78 is 23.1. The molecule has 2 rings (SSSR count). The highest BCUT2D eigenvalue weighted by atomic mass is 32.2. The first-order valence-corrected chi connectivity index (χ1v) is 8.58. The van der Waals surface area contributed by atoms with Gasteiger partial charge in [-0.15, -0.1) is 0 Å². The van der Waals surface area contributed by atoms with Gasteiger partial charge in [0.2, 0.25) is 5.91 Å². The highest BCUT2D eigenvalue weighted by Crippen LogP contribution is 2.24. The number of carbonyl (C=O) groups is 2. The Hall–Kier alpha value is -1.15. The van der Waals surface area contributed by atoms with Gasteiger partial charge in [0.05, 0.1) is 17.4 Å². The van der Waals surface area contributed by atoms with Crippen molar-refractivity contribution in [1.82, 2.24) is 10.2 Å². The van der Waals surface area contributed by atoms with Crippen molar-refractivity contribution in [3.05, 3.63) is 0 Å². The first kappa shape index (κ1) is 15.2. The summed E-state index contributed by atoms with van der Waals surface area (Å²) in [5.41, 5.74) is 0. The summed E-state index contributed by atoms with van der Waals surface area (Å²) >= 11 is 0. The number of nitrogens with one attached hydrogen (secondary N) is 1. The Balaban J connectivity index is 2.15. The second-order valence-electron chi connectivity index (χ2n) is 5.55. The van der Waals surface area contributed by atoms with Gasteiger partial charge in [-0.05, 0) is 26.3 Å². The van der Waals surface area contributed by atoms with Gasteiger partial charge in [-0.1, -0.05) is 0 Å². The largest absolute Gasteiger partial charge is 0.480 e. The lowest BCUT2D eigenvalue weighted by molar-refractivity contribution is -0.148. The number of hydrogen-bond donors (Lipinski definition) is 2. The number of rotatable bonds is 4. The quantitative estimate of drug-likeness (QED) is 0.696. The maximum atomic E-state index is 12.5. The van der Waals surface area contributed by atoms with Crippen LogP contribution in [0.25, 0.3) is 0 Å². The van der Waals surface area contributed by atoms with Crippen LogP contribution in [0.1, 0.15) is 19.8 Å². The van der Waals surface area contributed by atoms with Crippen LogP contribution in [0.2, 0.25) is 0 Å². The van der Waals surface area contributed by atoms with Crippen molar-refractivity contribution in [2.24, 2.45) is 5.92 Å². The first-order chi connectivity index (χ1) is 9.30. The van der Waals surface area contributed by atoms with Crippen molar-refractivity contribution in [2.45, 2.75) is 31.8 Å². The molecule has 3 unspecified atom stereocenters. The molecule has 20 heavy (non-hydrogen) atoms. The molecule has 3 atom stereocenters. The molecule has 1 amide bonds. The van der Waals surface area contributed by atoms with E-state index in [2.05, 4.69) is 5.32 Å². The van der Waals surface area contributed by atoms with Gasteiger partial charge in [-0.3, -0.25) is 9.59 Å². The number of carboxylic acid groups (broad SMARTS) is 1. The lowest BCUT2D eigenvalue weighted by Gasteiger charge is -2.30. The van der Waals surface area contributed by atoms with E-state index in [1.165, 1.54) is 4.90 Å². The van der Waals surface area contributed by atoms with Crippen molar-refractivity contribution in [3.8, 4) is 0 Å². The molecule has 2 saturated heterocycles. The highest BCUT2D eigenvalue weighted by molar-refractivity contribution is 7.91. The maximum absolute atomic E-state index is 12.5. The van der Waals surface area contributed by atoms with Crippen LogP contribution < -0.4 is 5.32 Å². The van der Waals surface area contributed by atoms with E-state index >= 15 is 0 Å². The molecule has 2 aliphatic heterocycles. The predicted octanol–water partition coefficient (Wildman–Crippen LogP) is -0.915. The normalized spacial score (nSPS) is 32.1. The lowest BCUT2D eigenvalue weighted by Crippen LogP contribution is -2.48. The van der Waals surface area contributed by atoms with E-state index in [-0.39, 0.29) is 29.4 Å². The summed E-state index contributed by atoms with van der Waals surface area (Å²) in [6.45, 7) is 2.18. The molecule has 2 aliphatic rings. The topological polar surface area (TPSA) is 104 Å². The molecule has 2 heterocycles. The fraction of sp³-hybridized carbons (Fsp3) is 0.833. The monoisotopic (exact) mass is 304 g/mol. The molecule has 0 bridgehead atoms. The Morgan fingerprint density at radius 3 is 2.50 bits per heavy atom. The fourth-order valence-corrected chi connectivity index (χ4v) is 4.69. The third-order valence-corrected chi connectivity index (χ3v) is 5.83. The van der Waals surface area contributed by atoms with Gasteiger partial charge in [0, 0.05) is 12.1 Å². The van der Waals surface area contributed by atoms with Crippen LogP contribution in [-0.4, -0.2) is 67.0 Å². The van der Waals surface area contributed by atoms with Crippen molar-refractivity contribution in [1.29, 1.82) is 0 Å². The number of amides is 1. The van der Waals surface area contributed by atoms with Crippen LogP contribution >= 0.6 is 0 Å². The number of aliphatic carboxylic acids is 1. The molecule has 0 aromatic rings. The second kappa shape index (κ2) is 5.69. The average molecular weight is 304 g/mol. The van der Waals surface area contributed by atoms with Crippen molar-refractivity contribution in [3.63, 3.8) is 0 Å². The molecule has 0 spiro atoms. The van der Waals surface area contributed by atoms with Crippen LogP contribution in [0.5, 0.6) is 0 Å². The Morgan fingerprint density at radius 2 is 2.05 bits per heavy atom. The minimum absolute atomic E-state index is 0.00296. The number of carboxylic acids is 1. The van der Waals surface area contributed by atoms with Gasteiger partial charge in [-0.25, -0.2) is 8.42 Å². The van der Waals surface area contributed by atoms with Gasteiger partial charge < -0.3 is 15.3 Å². The van der Waals surface area contributed by atoms with Crippen LogP contribution in [0, 0.1) is 5.92 Å². The van der Waals surface area contributed by atoms with Gasteiger partial charge >= 0.3 is 5.97 Å². The van der Waals surface area contributed by atoms with Crippen molar-refractivity contribution < 1.29 is 23.1 Å². The molecule has 8 heteroatoms. The second-order valence-corrected chi connectivity index (χ2v) is 7.78. The zero-order valence-electron chi connectivity index (χ0n) is 11.4. The Bertz CT molecular complexity index is 504. The SMILES string of the molecule is CC1NCCC1C(=O)N(CC(=O)O)C1CCS(=O)(=O)C1. The maximum Gasteiger partial charge on any atom is 0.323 e. The molecule has 0 radical (unpaired) electrons. The predicted molar refractivity (Wildman–Crippen MR) is 72.0 cm³/mol. The van der Waals surface area contributed by atoms with Gasteiger partial charge in [0.25, 0.3) is 0 Å². The van der Waals surface area contributed by atoms with Crippen LogP contribution in [-0.2, 0) is 19.4 Å². The number of sulfone groups is 1. The summed E-state index contributed by atoms with van der Waals surface area (Å²) in [6.07, 6.45) is 0.992.